The fraction of sp³-hybridized carbons (Fsp3) is 0. The molecule has 0 fully saturated rings. The van der Waals surface area contributed by atoms with E-state index in [0.29, 0.717) is 5.82 Å². The third-order valence-corrected chi connectivity index (χ3v) is 3.71. The van der Waals surface area contributed by atoms with E-state index < -0.39 is 0 Å². The first-order valence-corrected chi connectivity index (χ1v) is 5.92. The molecule has 5 heteroatoms. The molecular formula is C11H8ClN3S. The molecule has 3 nitrogen and oxygen atoms in total. The van der Waals surface area contributed by atoms with Gasteiger partial charge in [-0.1, -0.05) is 17.7 Å². The minimum Gasteiger partial charge on any atom is -0.382 e. The van der Waals surface area contributed by atoms with Crippen molar-refractivity contribution in [1.82, 2.24) is 10.2 Å². The van der Waals surface area contributed by atoms with E-state index in [1.807, 2.05) is 24.3 Å². The summed E-state index contributed by atoms with van der Waals surface area (Å²) < 4.78 is 1.16. The summed E-state index contributed by atoms with van der Waals surface area (Å²) in [7, 11) is 0. The Kier molecular flexibility index (Phi) is 2.12. The van der Waals surface area contributed by atoms with Crippen molar-refractivity contribution in [3.05, 3.63) is 35.4 Å². The quantitative estimate of drug-likeness (QED) is 0.693. The summed E-state index contributed by atoms with van der Waals surface area (Å²) in [5, 5.41) is 8.75. The second-order valence-electron chi connectivity index (χ2n) is 3.50. The van der Waals surface area contributed by atoms with E-state index in [4.69, 9.17) is 17.3 Å². The summed E-state index contributed by atoms with van der Waals surface area (Å²) in [6.07, 6.45) is 0. The Balaban J connectivity index is 2.18. The van der Waals surface area contributed by atoms with Crippen LogP contribution < -0.4 is 5.73 Å². The van der Waals surface area contributed by atoms with Crippen molar-refractivity contribution in [3.63, 3.8) is 0 Å². The molecule has 0 saturated heterocycles. The molecule has 0 spiro atoms. The summed E-state index contributed by atoms with van der Waals surface area (Å²) in [6.45, 7) is 0. The Labute approximate surface area is 101 Å². The van der Waals surface area contributed by atoms with Gasteiger partial charge < -0.3 is 5.73 Å². The number of hydrogen-bond acceptors (Lipinski definition) is 3. The number of thiophene rings is 1. The first kappa shape index (κ1) is 9.69. The van der Waals surface area contributed by atoms with Gasteiger partial charge in [-0.15, -0.1) is 11.3 Å². The van der Waals surface area contributed by atoms with Crippen LogP contribution in [0.5, 0.6) is 0 Å². The highest BCUT2D eigenvalue weighted by Crippen LogP contribution is 2.34. The molecule has 3 N–H and O–H groups in total. The van der Waals surface area contributed by atoms with Crippen molar-refractivity contribution < 1.29 is 0 Å². The Bertz CT molecular complexity index is 656. The van der Waals surface area contributed by atoms with Gasteiger partial charge in [-0.25, -0.2) is 0 Å². The van der Waals surface area contributed by atoms with Crippen LogP contribution in [-0.4, -0.2) is 10.2 Å². The average molecular weight is 250 g/mol. The van der Waals surface area contributed by atoms with E-state index in [9.17, 15) is 0 Å². The third kappa shape index (κ3) is 1.56. The van der Waals surface area contributed by atoms with Crippen LogP contribution in [0.2, 0.25) is 5.02 Å². The maximum absolute atomic E-state index is 5.94. The van der Waals surface area contributed by atoms with Gasteiger partial charge in [-0.3, -0.25) is 5.10 Å². The number of aromatic nitrogens is 2. The first-order valence-electron chi connectivity index (χ1n) is 4.73. The van der Waals surface area contributed by atoms with Crippen LogP contribution in [0.3, 0.4) is 0 Å². The lowest BCUT2D eigenvalue weighted by Gasteiger charge is -1.88. The number of H-pyrrole nitrogens is 1. The highest BCUT2D eigenvalue weighted by atomic mass is 35.5. The summed E-state index contributed by atoms with van der Waals surface area (Å²) in [5.74, 6) is 0.505. The summed E-state index contributed by atoms with van der Waals surface area (Å²) in [4.78, 5) is 1.11. The molecule has 2 aromatic heterocycles. The van der Waals surface area contributed by atoms with Crippen LogP contribution >= 0.6 is 22.9 Å². The Morgan fingerprint density at radius 2 is 2.12 bits per heavy atom. The van der Waals surface area contributed by atoms with Crippen LogP contribution in [-0.2, 0) is 0 Å². The number of benzene rings is 1. The summed E-state index contributed by atoms with van der Waals surface area (Å²) >= 11 is 7.61. The third-order valence-electron chi connectivity index (χ3n) is 2.35. The van der Waals surface area contributed by atoms with Gasteiger partial charge in [-0.05, 0) is 23.6 Å². The number of hydrogen-bond donors (Lipinski definition) is 2. The highest BCUT2D eigenvalue weighted by molar-refractivity contribution is 7.22. The van der Waals surface area contributed by atoms with E-state index >= 15 is 0 Å². The van der Waals surface area contributed by atoms with Crippen molar-refractivity contribution in [2.75, 3.05) is 5.73 Å². The van der Waals surface area contributed by atoms with Gasteiger partial charge >= 0.3 is 0 Å². The Morgan fingerprint density at radius 3 is 2.88 bits per heavy atom. The molecule has 0 aliphatic carbocycles. The van der Waals surface area contributed by atoms with Crippen molar-refractivity contribution >= 4 is 38.8 Å². The maximum Gasteiger partial charge on any atom is 0.145 e. The smallest absolute Gasteiger partial charge is 0.145 e. The average Bonchev–Trinajstić information content (AvgIpc) is 2.83. The molecule has 0 atom stereocenters. The lowest BCUT2D eigenvalue weighted by atomic mass is 10.2. The molecule has 2 heterocycles. The van der Waals surface area contributed by atoms with Crippen molar-refractivity contribution in [2.45, 2.75) is 0 Å². The van der Waals surface area contributed by atoms with Gasteiger partial charge in [0, 0.05) is 15.8 Å². The number of nitrogens with one attached hydrogen (secondary N) is 1. The van der Waals surface area contributed by atoms with Crippen molar-refractivity contribution in [3.8, 4) is 10.6 Å². The van der Waals surface area contributed by atoms with E-state index in [1.165, 1.54) is 5.39 Å². The van der Waals surface area contributed by atoms with E-state index in [2.05, 4.69) is 16.3 Å². The Morgan fingerprint density at radius 1 is 1.25 bits per heavy atom. The highest BCUT2D eigenvalue weighted by Gasteiger charge is 2.06. The number of anilines is 1. The second kappa shape index (κ2) is 3.50. The second-order valence-corrected chi connectivity index (χ2v) is 5.02. The van der Waals surface area contributed by atoms with E-state index in [0.717, 1.165) is 20.3 Å². The SMILES string of the molecule is Nc1cc(-c2cc3ccc(Cl)cc3s2)[nH]n1. The zero-order valence-electron chi connectivity index (χ0n) is 8.20. The van der Waals surface area contributed by atoms with E-state index in [1.54, 1.807) is 11.3 Å². The predicted octanol–water partition coefficient (Wildman–Crippen LogP) is 3.53. The van der Waals surface area contributed by atoms with Crippen LogP contribution in [0.15, 0.2) is 30.3 Å². The number of rotatable bonds is 1. The van der Waals surface area contributed by atoms with Gasteiger partial charge in [0.15, 0.2) is 0 Å². The number of fused-ring (bicyclic) bond motifs is 1. The minimum absolute atomic E-state index is 0.505. The van der Waals surface area contributed by atoms with Crippen molar-refractivity contribution in [2.24, 2.45) is 0 Å². The minimum atomic E-state index is 0.505. The molecule has 16 heavy (non-hydrogen) atoms. The molecule has 3 rings (SSSR count). The largest absolute Gasteiger partial charge is 0.382 e. The number of nitrogen functional groups attached to an aromatic ring is 1. The van der Waals surface area contributed by atoms with Gasteiger partial charge in [0.25, 0.3) is 0 Å². The number of halogens is 1. The number of nitrogens with zero attached hydrogens (tertiary/aromatic N) is 1. The predicted molar refractivity (Wildman–Crippen MR) is 68.8 cm³/mol. The van der Waals surface area contributed by atoms with Crippen molar-refractivity contribution in [1.29, 1.82) is 0 Å². The maximum atomic E-state index is 5.94. The normalized spacial score (nSPS) is 11.1. The van der Waals surface area contributed by atoms with E-state index in [-0.39, 0.29) is 0 Å². The van der Waals surface area contributed by atoms with Crippen LogP contribution in [0.4, 0.5) is 5.82 Å². The molecule has 1 aromatic carbocycles. The fourth-order valence-electron chi connectivity index (χ4n) is 1.60. The molecule has 0 unspecified atom stereocenters. The molecule has 0 amide bonds. The zero-order valence-corrected chi connectivity index (χ0v) is 9.77. The fourth-order valence-corrected chi connectivity index (χ4v) is 2.91. The monoisotopic (exact) mass is 249 g/mol. The summed E-state index contributed by atoms with van der Waals surface area (Å²) in [6, 6.07) is 9.79. The van der Waals surface area contributed by atoms with Crippen LogP contribution in [0.25, 0.3) is 20.7 Å². The molecule has 0 aliphatic heterocycles. The van der Waals surface area contributed by atoms with Gasteiger partial charge in [-0.2, -0.15) is 5.10 Å². The lowest BCUT2D eigenvalue weighted by molar-refractivity contribution is 1.11. The van der Waals surface area contributed by atoms with Crippen LogP contribution in [0, 0.1) is 0 Å². The molecule has 0 saturated carbocycles. The molecule has 0 aliphatic rings. The number of nitrogens with two attached hydrogens (primary N) is 1. The topological polar surface area (TPSA) is 54.7 Å². The standard InChI is InChI=1S/C11H8ClN3S/c12-7-2-1-6-3-10(16-9(6)4-7)8-5-11(13)15-14-8/h1-5H,(H3,13,14,15). The van der Waals surface area contributed by atoms with Gasteiger partial charge in [0.05, 0.1) is 10.6 Å². The molecule has 80 valence electrons. The molecule has 0 bridgehead atoms. The molecule has 3 aromatic rings. The van der Waals surface area contributed by atoms with Gasteiger partial charge in [0.2, 0.25) is 0 Å². The van der Waals surface area contributed by atoms with Crippen LogP contribution in [0.1, 0.15) is 0 Å². The first-order chi connectivity index (χ1) is 7.72. The molecule has 0 radical (unpaired) electrons. The number of aromatic amines is 1. The Hall–Kier alpha value is -1.52. The van der Waals surface area contributed by atoms with Gasteiger partial charge in [0.1, 0.15) is 5.82 Å². The summed E-state index contributed by atoms with van der Waals surface area (Å²) in [5.41, 5.74) is 6.52. The molecular weight excluding hydrogens is 242 g/mol. The lowest BCUT2D eigenvalue weighted by Crippen LogP contribution is -1.81. The zero-order chi connectivity index (χ0) is 11.1.